The van der Waals surface area contributed by atoms with E-state index in [4.69, 9.17) is 44.1 Å². The number of nitrogens with zero attached hydrogens (tertiary/aromatic N) is 12. The number of hydrogen-bond donors (Lipinski definition) is 5. The predicted octanol–water partition coefficient (Wildman–Crippen LogP) is 15.8. The Kier molecular flexibility index (Phi) is 35.3. The largest absolute Gasteiger partial charge is 0.394 e. The van der Waals surface area contributed by atoms with Gasteiger partial charge in [-0.15, -0.1) is 0 Å². The fourth-order valence-electron chi connectivity index (χ4n) is 16.0. The summed E-state index contributed by atoms with van der Waals surface area (Å²) in [6.07, 6.45) is 20.7. The molecule has 5 N–H and O–H groups in total. The third-order valence-corrected chi connectivity index (χ3v) is 25.5. The number of fused-ring (bicyclic) bond motifs is 5. The van der Waals surface area contributed by atoms with Crippen molar-refractivity contribution in [3.05, 3.63) is 339 Å². The number of alkyl halides is 1. The third kappa shape index (κ3) is 25.1. The fourth-order valence-corrected chi connectivity index (χ4v) is 16.9. The molecule has 2 saturated carbocycles. The van der Waals surface area contributed by atoms with Crippen LogP contribution in [0.4, 0.5) is 45.2 Å². The van der Waals surface area contributed by atoms with Crippen LogP contribution < -0.4 is 4.90 Å². The SMILES string of the molecule is CC(C)(CO)OCC(=O)c1cc(F)c2cncn2c1Cc1ccc(I)cc1F.Cc1nc(C(=O)COCCO)c(Cc2ccc(I)cc2F)n2cncc12.O=C(COCCO)c1cc(F)c2cncn2c1Cc1ccc(C2CCC2)cc1F.O=C(COCCO)c1cc(F)c2cncn2c1Cc1ccc(N2CCC2)cc1F.O=C(COCCO)c1ccc2cncn2c1Cc1ccc(C2(F)CC2)cc1F. The summed E-state index contributed by atoms with van der Waals surface area (Å²) in [6, 6.07) is 31.4. The molecule has 1 aliphatic heterocycles. The van der Waals surface area contributed by atoms with E-state index in [0.717, 1.165) is 80.0 Å². The topological polar surface area (TPSA) is 335 Å². The Hall–Kier alpha value is -11.9. The van der Waals surface area contributed by atoms with Crippen molar-refractivity contribution < 1.29 is 113 Å². The zero-order valence-electron chi connectivity index (χ0n) is 76.3. The number of anilines is 1. The van der Waals surface area contributed by atoms with Gasteiger partial charge in [0.1, 0.15) is 107 Å². The van der Waals surface area contributed by atoms with Crippen molar-refractivity contribution in [1.29, 1.82) is 0 Å². The molecule has 18 rings (SSSR count). The Labute approximate surface area is 824 Å². The normalized spacial score (nSPS) is 13.3. The van der Waals surface area contributed by atoms with Gasteiger partial charge in [0.05, 0.1) is 150 Å². The van der Waals surface area contributed by atoms with Crippen LogP contribution in [-0.2, 0) is 61.5 Å². The maximum atomic E-state index is 14.8. The number of rotatable bonds is 38. The number of aromatic nitrogens is 11. The molecule has 2 aliphatic carbocycles. The standard InChI is InChI=1S/C22H22F2N2O3.C21H21F2N3O3.C21H20F2N2O3.C20H19F2IN2O3.C18H17FIN3O3/c23-18-8-15(14-2-1-3-14)4-5-16(18)9-20-17(22(28)12-29-7-6-27)10-19(24)21-11-25-13-26(20)21;22-17-9-15(25-4-1-5-25)3-2-14(17)8-19-16(21(28)12-29-7-6-27)10-18(23)20-11-24-13-26(19)20;22-18-10-15(21(23)5-6-21)2-1-14(18)9-19-17(20(27)12-28-8-7-26)4-3-16-11-24-13-25(16)19;1-20(2,10-26)28-9-19(27)14-7-16(22)18-8-24-11-25(18)17(14)5-12-3-4-13(23)6-15(12)21;1-11-16-8-21-10-23(16)15(6-12-2-3-13(20)7-14(12)19)18(22-11)17(25)9-26-5-4-24/h4-5,8,10-11,13-14,27H,1-3,6-7,9,12H2;2-3,9-11,13,27H,1,4-8,12H2;1-4,10-11,13,26H,5-9,12H2;3-4,6-8,11,26H,5,9-10H2,1-2H3;2-3,7-8,10,24H,4-6,9H2,1H3. The highest BCUT2D eigenvalue weighted by Crippen LogP contribution is 2.50. The second-order valence-electron chi connectivity index (χ2n) is 34.2. The van der Waals surface area contributed by atoms with Gasteiger partial charge in [0.15, 0.2) is 23.1 Å². The van der Waals surface area contributed by atoms with Crippen LogP contribution in [0.3, 0.4) is 0 Å². The van der Waals surface area contributed by atoms with Crippen molar-refractivity contribution in [2.75, 3.05) is 110 Å². The summed E-state index contributed by atoms with van der Waals surface area (Å²) in [4.78, 5) is 89.8. The van der Waals surface area contributed by atoms with E-state index in [1.54, 1.807) is 115 Å². The van der Waals surface area contributed by atoms with Crippen molar-refractivity contribution in [2.45, 2.75) is 109 Å². The van der Waals surface area contributed by atoms with E-state index in [1.165, 1.54) is 81.5 Å². The van der Waals surface area contributed by atoms with E-state index in [2.05, 4.69) is 34.8 Å². The predicted molar refractivity (Wildman–Crippen MR) is 516 cm³/mol. The molecule has 10 aromatic heterocycles. The van der Waals surface area contributed by atoms with Crippen molar-refractivity contribution >= 4 is 107 Å². The van der Waals surface area contributed by atoms with Crippen molar-refractivity contribution in [2.24, 2.45) is 0 Å². The molecule has 1 saturated heterocycles. The molecular weight excluding hydrogens is 2060 g/mol. The van der Waals surface area contributed by atoms with Crippen molar-refractivity contribution in [3.8, 4) is 0 Å². The quantitative estimate of drug-likeness (QED) is 0.0104. The highest BCUT2D eigenvalue weighted by atomic mass is 127. The monoisotopic (exact) mass is 2160 g/mol. The van der Waals surface area contributed by atoms with Gasteiger partial charge in [0.2, 0.25) is 5.78 Å². The van der Waals surface area contributed by atoms with Crippen LogP contribution in [0.25, 0.3) is 27.6 Å². The number of ether oxygens (including phenoxy) is 5. The fraction of sp³-hybridized carbons (Fsp3) is 0.324. The molecule has 140 heavy (non-hydrogen) atoms. The molecule has 5 aromatic carbocycles. The van der Waals surface area contributed by atoms with E-state index < -0.39 is 57.7 Å². The Morgan fingerprint density at radius 1 is 0.414 bits per heavy atom. The maximum Gasteiger partial charge on any atom is 0.208 e. The first-order chi connectivity index (χ1) is 67.4. The van der Waals surface area contributed by atoms with Gasteiger partial charge in [-0.2, -0.15) is 0 Å². The zero-order chi connectivity index (χ0) is 99.6. The number of hydrogen-bond acceptors (Lipinski definition) is 22. The number of imidazole rings is 5. The number of Topliss-reactive ketones (excluding diaryl/α,β-unsaturated/α-hetero) is 5. The number of benzene rings is 5. The third-order valence-electron chi connectivity index (χ3n) is 24.1. The number of halogens is 11. The molecule has 11 heterocycles. The lowest BCUT2D eigenvalue weighted by atomic mass is 9.80. The van der Waals surface area contributed by atoms with Crippen LogP contribution in [0.5, 0.6) is 0 Å². The molecule has 734 valence electrons. The van der Waals surface area contributed by atoms with Crippen molar-refractivity contribution in [3.63, 3.8) is 0 Å². The second-order valence-corrected chi connectivity index (χ2v) is 36.7. The minimum absolute atomic E-state index is 0.00344. The van der Waals surface area contributed by atoms with Gasteiger partial charge in [0.25, 0.3) is 0 Å². The van der Waals surface area contributed by atoms with Gasteiger partial charge in [0, 0.05) is 103 Å². The lowest BCUT2D eigenvalue weighted by molar-refractivity contribution is -0.0447. The Morgan fingerprint density at radius 2 is 0.800 bits per heavy atom. The number of aryl methyl sites for hydroxylation is 1. The summed E-state index contributed by atoms with van der Waals surface area (Å²) in [5.74, 6) is -5.22. The smallest absolute Gasteiger partial charge is 0.208 e. The van der Waals surface area contributed by atoms with Gasteiger partial charge >= 0.3 is 0 Å². The Morgan fingerprint density at radius 3 is 1.21 bits per heavy atom. The molecule has 3 aliphatic rings. The minimum atomic E-state index is -1.39. The summed E-state index contributed by atoms with van der Waals surface area (Å²) in [5, 5.41) is 44.5. The summed E-state index contributed by atoms with van der Waals surface area (Å²) >= 11 is 4.06. The van der Waals surface area contributed by atoms with Crippen LogP contribution >= 0.6 is 45.2 Å². The Bertz CT molecular complexity index is 6850. The van der Waals surface area contributed by atoms with Gasteiger partial charge in [-0.3, -0.25) is 41.6 Å². The van der Waals surface area contributed by atoms with Gasteiger partial charge in [-0.25, -0.2) is 69.4 Å². The Balaban J connectivity index is 0.000000139. The molecular formula is C102H99F9I2N12O15. The molecule has 0 bridgehead atoms. The van der Waals surface area contributed by atoms with Crippen LogP contribution in [-0.4, -0.2) is 218 Å². The van der Waals surface area contributed by atoms with Gasteiger partial charge in [-0.1, -0.05) is 48.9 Å². The van der Waals surface area contributed by atoms with E-state index in [9.17, 15) is 68.6 Å². The number of aliphatic hydroxyl groups is 5. The van der Waals surface area contributed by atoms with E-state index in [-0.39, 0.29) is 193 Å². The molecule has 0 radical (unpaired) electrons. The first-order valence-corrected chi connectivity index (χ1v) is 47.0. The highest BCUT2D eigenvalue weighted by Gasteiger charge is 2.45. The van der Waals surface area contributed by atoms with E-state index in [0.29, 0.717) is 91.9 Å². The van der Waals surface area contributed by atoms with Gasteiger partial charge in [-0.05, 0) is 222 Å². The summed E-state index contributed by atoms with van der Waals surface area (Å²) in [7, 11) is 0. The molecule has 0 amide bonds. The van der Waals surface area contributed by atoms with Crippen LogP contribution in [0.2, 0.25) is 0 Å². The second kappa shape index (κ2) is 47.6. The van der Waals surface area contributed by atoms with Crippen LogP contribution in [0.1, 0.15) is 183 Å². The summed E-state index contributed by atoms with van der Waals surface area (Å²) in [5.41, 5.74) is 8.18. The van der Waals surface area contributed by atoms with E-state index >= 15 is 0 Å². The molecule has 0 atom stereocenters. The number of carbonyl (C=O) groups excluding carboxylic acids is 5. The number of pyridine rings is 4. The lowest BCUT2D eigenvalue weighted by Gasteiger charge is -2.33. The van der Waals surface area contributed by atoms with E-state index in [1.807, 2.05) is 63.4 Å². The number of aliphatic hydroxyl groups excluding tert-OH is 5. The minimum Gasteiger partial charge on any atom is -0.394 e. The summed E-state index contributed by atoms with van der Waals surface area (Å²) < 4.78 is 166. The number of carbonyl (C=O) groups is 5. The van der Waals surface area contributed by atoms with Crippen molar-refractivity contribution in [1.82, 2.24) is 51.9 Å². The lowest BCUT2D eigenvalue weighted by Crippen LogP contribution is -2.37. The number of ketones is 5. The molecule has 27 nitrogen and oxygen atoms in total. The molecule has 3 fully saturated rings. The average molecular weight is 2160 g/mol. The summed E-state index contributed by atoms with van der Waals surface area (Å²) in [6.45, 7) is 4.69. The molecule has 38 heteroatoms. The molecule has 15 aromatic rings. The van der Waals surface area contributed by atoms with Crippen LogP contribution in [0.15, 0.2) is 184 Å². The highest BCUT2D eigenvalue weighted by molar-refractivity contribution is 14.1. The van der Waals surface area contributed by atoms with Crippen LogP contribution in [0, 0.1) is 60.6 Å². The first-order valence-electron chi connectivity index (χ1n) is 44.9. The van der Waals surface area contributed by atoms with Gasteiger partial charge < -0.3 is 58.5 Å². The molecule has 0 spiro atoms. The zero-order valence-corrected chi connectivity index (χ0v) is 80.6. The first kappa shape index (κ1) is 104. The molecule has 0 unspecified atom stereocenters. The maximum absolute atomic E-state index is 14.8. The average Bonchev–Trinajstić information content (AvgIpc) is 1.67.